The van der Waals surface area contributed by atoms with Gasteiger partial charge in [-0.3, -0.25) is 9.59 Å². The molecule has 0 saturated carbocycles. The second-order valence-electron chi connectivity index (χ2n) is 3.97. The minimum Gasteiger partial charge on any atom is -0.458 e. The number of carbonyl (C=O) groups excluding carboxylic acids is 2. The van der Waals surface area contributed by atoms with Crippen LogP contribution < -0.4 is 9.47 Å². The topological polar surface area (TPSA) is 65.7 Å². The summed E-state index contributed by atoms with van der Waals surface area (Å²) in [4.78, 5) is 22.9. The number of esters is 2. The molecule has 0 unspecified atom stereocenters. The Bertz CT molecular complexity index is 418. The van der Waals surface area contributed by atoms with Gasteiger partial charge in [0.2, 0.25) is 11.5 Å². The summed E-state index contributed by atoms with van der Waals surface area (Å²) in [5, 5.41) is 0. The van der Waals surface area contributed by atoms with E-state index in [1.165, 1.54) is 0 Å². The van der Waals surface area contributed by atoms with Crippen LogP contribution >= 0.6 is 0 Å². The molecule has 0 aliphatic rings. The molecule has 0 atom stereocenters. The monoisotopic (exact) mass is 268 g/mol. The Labute approximate surface area is 112 Å². The first kappa shape index (κ1) is 15.3. The summed E-state index contributed by atoms with van der Waals surface area (Å²) in [6, 6.07) is 0. The summed E-state index contributed by atoms with van der Waals surface area (Å²) in [5.74, 6) is 0.773. The number of carbonyl (C=O) groups is 2. The molecule has 0 fully saturated rings. The predicted octanol–water partition coefficient (Wildman–Crippen LogP) is 3.04. The van der Waals surface area contributed by atoms with Crippen molar-refractivity contribution in [2.24, 2.45) is 0 Å². The Kier molecular flexibility index (Phi) is 5.60. The molecule has 0 aliphatic carbocycles. The summed E-state index contributed by atoms with van der Waals surface area (Å²) in [7, 11) is 0. The molecule has 5 heteroatoms. The third kappa shape index (κ3) is 3.59. The Morgan fingerprint density at radius 2 is 1.21 bits per heavy atom. The van der Waals surface area contributed by atoms with E-state index in [1.807, 2.05) is 13.8 Å². The van der Waals surface area contributed by atoms with Crippen LogP contribution in [0.4, 0.5) is 0 Å². The second-order valence-corrected chi connectivity index (χ2v) is 3.97. The SMILES string of the molecule is CCC(=O)Oc1c(CC)oc(CC)c1OC(=O)CC. The maximum Gasteiger partial charge on any atom is 0.311 e. The lowest BCUT2D eigenvalue weighted by Crippen LogP contribution is -2.10. The van der Waals surface area contributed by atoms with Crippen molar-refractivity contribution in [1.29, 1.82) is 0 Å². The summed E-state index contributed by atoms with van der Waals surface area (Å²) < 4.78 is 16.0. The Morgan fingerprint density at radius 1 is 0.842 bits per heavy atom. The van der Waals surface area contributed by atoms with Crippen LogP contribution in [-0.2, 0) is 22.4 Å². The van der Waals surface area contributed by atoms with Crippen LogP contribution in [0.1, 0.15) is 52.1 Å². The summed E-state index contributed by atoms with van der Waals surface area (Å²) in [6.07, 6.45) is 1.61. The van der Waals surface area contributed by atoms with E-state index in [0.29, 0.717) is 24.4 Å². The Balaban J connectivity index is 3.17. The molecule has 1 rings (SSSR count). The van der Waals surface area contributed by atoms with E-state index in [-0.39, 0.29) is 36.3 Å². The number of hydrogen-bond acceptors (Lipinski definition) is 5. The zero-order chi connectivity index (χ0) is 14.4. The minimum absolute atomic E-state index is 0.244. The van der Waals surface area contributed by atoms with Crippen molar-refractivity contribution in [3.8, 4) is 11.5 Å². The van der Waals surface area contributed by atoms with Gasteiger partial charge in [0, 0.05) is 25.7 Å². The highest BCUT2D eigenvalue weighted by atomic mass is 16.6. The lowest BCUT2D eigenvalue weighted by atomic mass is 10.3. The van der Waals surface area contributed by atoms with Gasteiger partial charge < -0.3 is 13.9 Å². The Hall–Kier alpha value is -1.78. The van der Waals surface area contributed by atoms with Crippen molar-refractivity contribution in [2.75, 3.05) is 0 Å². The zero-order valence-corrected chi connectivity index (χ0v) is 11.9. The molecule has 0 spiro atoms. The van der Waals surface area contributed by atoms with Crippen LogP contribution in [0.2, 0.25) is 0 Å². The van der Waals surface area contributed by atoms with E-state index in [4.69, 9.17) is 13.9 Å². The van der Waals surface area contributed by atoms with E-state index >= 15 is 0 Å². The molecule has 19 heavy (non-hydrogen) atoms. The van der Waals surface area contributed by atoms with Gasteiger partial charge in [0.05, 0.1) is 0 Å². The molecule has 1 heterocycles. The van der Waals surface area contributed by atoms with Crippen LogP contribution in [0.5, 0.6) is 11.5 Å². The van der Waals surface area contributed by atoms with Gasteiger partial charge in [-0.15, -0.1) is 0 Å². The van der Waals surface area contributed by atoms with Gasteiger partial charge in [-0.1, -0.05) is 27.7 Å². The molecule has 0 radical (unpaired) electrons. The van der Waals surface area contributed by atoms with E-state index < -0.39 is 0 Å². The summed E-state index contributed by atoms with van der Waals surface area (Å²) in [5.41, 5.74) is 0. The smallest absolute Gasteiger partial charge is 0.311 e. The average Bonchev–Trinajstić information content (AvgIpc) is 2.75. The first-order chi connectivity index (χ1) is 9.07. The molecule has 0 amide bonds. The minimum atomic E-state index is -0.382. The van der Waals surface area contributed by atoms with Gasteiger partial charge in [0.1, 0.15) is 0 Å². The molecular formula is C14H20O5. The summed E-state index contributed by atoms with van der Waals surface area (Å²) in [6.45, 7) is 7.17. The van der Waals surface area contributed by atoms with E-state index in [1.54, 1.807) is 13.8 Å². The molecular weight excluding hydrogens is 248 g/mol. The Morgan fingerprint density at radius 3 is 1.47 bits per heavy atom. The maximum atomic E-state index is 11.5. The fourth-order valence-corrected chi connectivity index (χ4v) is 1.54. The lowest BCUT2D eigenvalue weighted by molar-refractivity contribution is -0.136. The molecule has 1 aromatic rings. The zero-order valence-electron chi connectivity index (χ0n) is 11.9. The summed E-state index contributed by atoms with van der Waals surface area (Å²) >= 11 is 0. The fraction of sp³-hybridized carbons (Fsp3) is 0.571. The predicted molar refractivity (Wildman–Crippen MR) is 69.3 cm³/mol. The number of ether oxygens (including phenoxy) is 2. The third-order valence-electron chi connectivity index (χ3n) is 2.61. The van der Waals surface area contributed by atoms with Gasteiger partial charge >= 0.3 is 11.9 Å². The normalized spacial score (nSPS) is 10.3. The number of furan rings is 1. The third-order valence-corrected chi connectivity index (χ3v) is 2.61. The largest absolute Gasteiger partial charge is 0.458 e. The van der Waals surface area contributed by atoms with Crippen molar-refractivity contribution >= 4 is 11.9 Å². The van der Waals surface area contributed by atoms with E-state index in [0.717, 1.165) is 0 Å². The highest BCUT2D eigenvalue weighted by molar-refractivity contribution is 5.76. The first-order valence-electron chi connectivity index (χ1n) is 6.63. The number of rotatable bonds is 6. The molecule has 1 aromatic heterocycles. The van der Waals surface area contributed by atoms with Crippen LogP contribution in [0.25, 0.3) is 0 Å². The van der Waals surface area contributed by atoms with Crippen LogP contribution in [0.3, 0.4) is 0 Å². The van der Waals surface area contributed by atoms with Crippen molar-refractivity contribution in [2.45, 2.75) is 53.4 Å². The van der Waals surface area contributed by atoms with Crippen molar-refractivity contribution in [3.05, 3.63) is 11.5 Å². The van der Waals surface area contributed by atoms with Gasteiger partial charge in [-0.2, -0.15) is 0 Å². The van der Waals surface area contributed by atoms with Gasteiger partial charge in [0.15, 0.2) is 11.5 Å². The quantitative estimate of drug-likeness (QED) is 0.742. The molecule has 0 bridgehead atoms. The van der Waals surface area contributed by atoms with Crippen molar-refractivity contribution in [3.63, 3.8) is 0 Å². The van der Waals surface area contributed by atoms with Gasteiger partial charge in [-0.25, -0.2) is 0 Å². The molecule has 0 saturated heterocycles. The highest BCUT2D eigenvalue weighted by Gasteiger charge is 2.25. The van der Waals surface area contributed by atoms with Gasteiger partial charge in [0.25, 0.3) is 0 Å². The average molecular weight is 268 g/mol. The molecule has 106 valence electrons. The van der Waals surface area contributed by atoms with Crippen LogP contribution in [0.15, 0.2) is 4.42 Å². The second kappa shape index (κ2) is 6.97. The molecule has 5 nitrogen and oxygen atoms in total. The molecule has 0 N–H and O–H groups in total. The fourth-order valence-electron chi connectivity index (χ4n) is 1.54. The van der Waals surface area contributed by atoms with Crippen molar-refractivity contribution < 1.29 is 23.5 Å². The maximum absolute atomic E-state index is 11.5. The van der Waals surface area contributed by atoms with Gasteiger partial charge in [-0.05, 0) is 0 Å². The highest BCUT2D eigenvalue weighted by Crippen LogP contribution is 2.39. The van der Waals surface area contributed by atoms with E-state index in [9.17, 15) is 9.59 Å². The number of hydrogen-bond donors (Lipinski definition) is 0. The lowest BCUT2D eigenvalue weighted by Gasteiger charge is -2.06. The first-order valence-corrected chi connectivity index (χ1v) is 6.63. The van der Waals surface area contributed by atoms with Crippen LogP contribution in [-0.4, -0.2) is 11.9 Å². The number of aryl methyl sites for hydroxylation is 2. The standard InChI is InChI=1S/C14H20O5/c1-5-9-13(18-11(15)7-3)14(10(6-2)17-9)19-12(16)8-4/h5-8H2,1-4H3. The molecule has 0 aliphatic heterocycles. The van der Waals surface area contributed by atoms with Crippen LogP contribution in [0, 0.1) is 0 Å². The van der Waals surface area contributed by atoms with E-state index in [2.05, 4.69) is 0 Å². The van der Waals surface area contributed by atoms with Crippen molar-refractivity contribution in [1.82, 2.24) is 0 Å². The molecule has 0 aromatic carbocycles.